The molecular formula is C20H15IO5. The molecule has 0 unspecified atom stereocenters. The summed E-state index contributed by atoms with van der Waals surface area (Å²) >= 11 is 1.86. The Morgan fingerprint density at radius 2 is 1.65 bits per heavy atom. The van der Waals surface area contributed by atoms with Crippen molar-refractivity contribution in [1.82, 2.24) is 0 Å². The highest BCUT2D eigenvalue weighted by atomic mass is 127. The van der Waals surface area contributed by atoms with Crippen LogP contribution in [0.25, 0.3) is 5.57 Å². The maximum atomic E-state index is 12.4. The Morgan fingerprint density at radius 3 is 2.27 bits per heavy atom. The van der Waals surface area contributed by atoms with Gasteiger partial charge in [0.2, 0.25) is 0 Å². The van der Waals surface area contributed by atoms with Gasteiger partial charge in [-0.3, -0.25) is 0 Å². The van der Waals surface area contributed by atoms with Crippen LogP contribution < -0.4 is 0 Å². The summed E-state index contributed by atoms with van der Waals surface area (Å²) in [7, 11) is 1.28. The lowest BCUT2D eigenvalue weighted by Gasteiger charge is -2.13. The standard InChI is InChI=1S/C20H15IO5/c1-24-19(22)15(14-10-6-3-7-11-14)17-18(16(21)20(23)26-17)25-12-13-8-4-2-5-9-13/h2-11H,12H2,1H3/b17-15+. The summed E-state index contributed by atoms with van der Waals surface area (Å²) in [5.74, 6) is -0.844. The molecule has 0 saturated heterocycles. The summed E-state index contributed by atoms with van der Waals surface area (Å²) in [6.45, 7) is 0.242. The van der Waals surface area contributed by atoms with E-state index in [-0.39, 0.29) is 27.3 Å². The second-order valence-corrected chi connectivity index (χ2v) is 6.45. The SMILES string of the molecule is COC(=O)/C(=C1/OC(=O)C(I)=C1OCc1ccccc1)c1ccccc1. The lowest BCUT2D eigenvalue weighted by molar-refractivity contribution is -0.134. The molecule has 0 fully saturated rings. The zero-order valence-electron chi connectivity index (χ0n) is 13.9. The molecule has 0 aliphatic carbocycles. The Bertz CT molecular complexity index is 885. The maximum Gasteiger partial charge on any atom is 0.353 e. The third-order valence-electron chi connectivity index (χ3n) is 3.68. The monoisotopic (exact) mass is 462 g/mol. The van der Waals surface area contributed by atoms with Crippen LogP contribution in [0.3, 0.4) is 0 Å². The molecule has 5 nitrogen and oxygen atoms in total. The minimum absolute atomic E-state index is 0.0772. The summed E-state index contributed by atoms with van der Waals surface area (Å²) in [5.41, 5.74) is 1.66. The van der Waals surface area contributed by atoms with Crippen molar-refractivity contribution in [2.24, 2.45) is 0 Å². The molecule has 0 spiro atoms. The molecule has 0 amide bonds. The van der Waals surface area contributed by atoms with E-state index in [0.717, 1.165) is 5.56 Å². The molecule has 1 aliphatic rings. The molecule has 1 aliphatic heterocycles. The highest BCUT2D eigenvalue weighted by Crippen LogP contribution is 2.37. The zero-order valence-corrected chi connectivity index (χ0v) is 16.1. The predicted molar refractivity (Wildman–Crippen MR) is 104 cm³/mol. The molecule has 1 heterocycles. The largest absolute Gasteiger partial charge is 0.484 e. The first-order valence-corrected chi connectivity index (χ1v) is 8.86. The number of esters is 2. The van der Waals surface area contributed by atoms with Gasteiger partial charge in [-0.25, -0.2) is 9.59 Å². The number of benzene rings is 2. The Kier molecular flexibility index (Phi) is 5.72. The summed E-state index contributed by atoms with van der Waals surface area (Å²) in [6.07, 6.45) is 0. The minimum Gasteiger partial charge on any atom is -0.484 e. The Morgan fingerprint density at radius 1 is 1.04 bits per heavy atom. The van der Waals surface area contributed by atoms with Gasteiger partial charge in [-0.1, -0.05) is 60.7 Å². The number of methoxy groups -OCH3 is 1. The summed E-state index contributed by atoms with van der Waals surface area (Å²) in [4.78, 5) is 24.5. The number of hydrogen-bond donors (Lipinski definition) is 0. The van der Waals surface area contributed by atoms with Gasteiger partial charge in [-0.05, 0) is 33.7 Å². The van der Waals surface area contributed by atoms with Crippen LogP contribution in [0.1, 0.15) is 11.1 Å². The van der Waals surface area contributed by atoms with Crippen LogP contribution in [-0.2, 0) is 30.4 Å². The van der Waals surface area contributed by atoms with Crippen molar-refractivity contribution >= 4 is 40.1 Å². The first-order chi connectivity index (χ1) is 12.6. The number of cyclic esters (lactones) is 1. The van der Waals surface area contributed by atoms with Crippen molar-refractivity contribution in [2.45, 2.75) is 6.61 Å². The van der Waals surface area contributed by atoms with Crippen molar-refractivity contribution < 1.29 is 23.8 Å². The predicted octanol–water partition coefficient (Wildman–Crippen LogP) is 3.99. The molecule has 0 N–H and O–H groups in total. The Labute approximate surface area is 164 Å². The maximum absolute atomic E-state index is 12.4. The van der Waals surface area contributed by atoms with Gasteiger partial charge >= 0.3 is 11.9 Å². The van der Waals surface area contributed by atoms with E-state index in [2.05, 4.69) is 0 Å². The number of ether oxygens (including phenoxy) is 3. The molecule has 132 valence electrons. The van der Waals surface area contributed by atoms with E-state index in [0.29, 0.717) is 5.56 Å². The van der Waals surface area contributed by atoms with Crippen molar-refractivity contribution in [1.29, 1.82) is 0 Å². The van der Waals surface area contributed by atoms with Crippen LogP contribution in [0.2, 0.25) is 0 Å². The average molecular weight is 462 g/mol. The fraction of sp³-hybridized carbons (Fsp3) is 0.100. The highest BCUT2D eigenvalue weighted by Gasteiger charge is 2.35. The molecule has 3 rings (SSSR count). The van der Waals surface area contributed by atoms with Gasteiger partial charge in [0.05, 0.1) is 7.11 Å². The van der Waals surface area contributed by atoms with Gasteiger partial charge in [-0.15, -0.1) is 0 Å². The van der Waals surface area contributed by atoms with Crippen LogP contribution >= 0.6 is 22.6 Å². The molecule has 0 bridgehead atoms. The number of carbonyl (C=O) groups excluding carboxylic acids is 2. The van der Waals surface area contributed by atoms with Gasteiger partial charge in [0.15, 0.2) is 11.5 Å². The van der Waals surface area contributed by atoms with E-state index in [4.69, 9.17) is 14.2 Å². The van der Waals surface area contributed by atoms with Gasteiger partial charge in [0, 0.05) is 0 Å². The van der Waals surface area contributed by atoms with E-state index in [9.17, 15) is 9.59 Å². The van der Waals surface area contributed by atoms with E-state index in [1.165, 1.54) is 7.11 Å². The first kappa shape index (κ1) is 18.2. The van der Waals surface area contributed by atoms with Crippen LogP contribution in [0.4, 0.5) is 0 Å². The number of hydrogen-bond acceptors (Lipinski definition) is 5. The zero-order chi connectivity index (χ0) is 18.5. The lowest BCUT2D eigenvalue weighted by Crippen LogP contribution is -2.10. The molecule has 0 saturated carbocycles. The molecule has 2 aromatic rings. The first-order valence-electron chi connectivity index (χ1n) is 7.79. The normalized spacial score (nSPS) is 15.5. The van der Waals surface area contributed by atoms with Gasteiger partial charge in [0.25, 0.3) is 0 Å². The van der Waals surface area contributed by atoms with Crippen LogP contribution in [0.5, 0.6) is 0 Å². The molecule has 0 atom stereocenters. The summed E-state index contributed by atoms with van der Waals surface area (Å²) in [5, 5.41) is 0. The number of rotatable bonds is 5. The Balaban J connectivity index is 2.03. The number of halogens is 1. The van der Waals surface area contributed by atoms with Gasteiger partial charge in [-0.2, -0.15) is 0 Å². The Hall–Kier alpha value is -2.61. The molecular weight excluding hydrogens is 447 g/mol. The van der Waals surface area contributed by atoms with Crippen LogP contribution in [0.15, 0.2) is 75.8 Å². The van der Waals surface area contributed by atoms with Gasteiger partial charge < -0.3 is 14.2 Å². The van der Waals surface area contributed by atoms with Gasteiger partial charge in [0.1, 0.15) is 15.8 Å². The molecule has 0 radical (unpaired) electrons. The fourth-order valence-electron chi connectivity index (χ4n) is 2.45. The van der Waals surface area contributed by atoms with E-state index < -0.39 is 11.9 Å². The third kappa shape index (κ3) is 3.80. The topological polar surface area (TPSA) is 61.8 Å². The quantitative estimate of drug-likeness (QED) is 0.382. The van der Waals surface area contributed by atoms with Crippen molar-refractivity contribution in [2.75, 3.05) is 7.11 Å². The fourth-order valence-corrected chi connectivity index (χ4v) is 2.96. The summed E-state index contributed by atoms with van der Waals surface area (Å²) < 4.78 is 16.4. The molecule has 26 heavy (non-hydrogen) atoms. The minimum atomic E-state index is -0.606. The van der Waals surface area contributed by atoms with E-state index in [1.54, 1.807) is 24.3 Å². The van der Waals surface area contributed by atoms with Crippen molar-refractivity contribution in [3.05, 3.63) is 86.9 Å². The summed E-state index contributed by atoms with van der Waals surface area (Å²) in [6, 6.07) is 18.4. The van der Waals surface area contributed by atoms with Crippen LogP contribution in [-0.4, -0.2) is 19.0 Å². The van der Waals surface area contributed by atoms with Crippen LogP contribution in [0, 0.1) is 0 Å². The second kappa shape index (κ2) is 8.18. The van der Waals surface area contributed by atoms with E-state index in [1.807, 2.05) is 59.0 Å². The smallest absolute Gasteiger partial charge is 0.353 e. The van der Waals surface area contributed by atoms with Crippen molar-refractivity contribution in [3.63, 3.8) is 0 Å². The number of carbonyl (C=O) groups is 2. The van der Waals surface area contributed by atoms with E-state index >= 15 is 0 Å². The molecule has 0 aromatic heterocycles. The highest BCUT2D eigenvalue weighted by molar-refractivity contribution is 14.1. The van der Waals surface area contributed by atoms with Crippen molar-refractivity contribution in [3.8, 4) is 0 Å². The second-order valence-electron chi connectivity index (χ2n) is 5.37. The molecule has 2 aromatic carbocycles. The third-order valence-corrected chi connectivity index (χ3v) is 4.61. The lowest BCUT2D eigenvalue weighted by atomic mass is 10.0. The molecule has 6 heteroatoms. The average Bonchev–Trinajstić information content (AvgIpc) is 2.95.